The quantitative estimate of drug-likeness (QED) is 0.244. The van der Waals surface area contributed by atoms with E-state index < -0.39 is 65.5 Å². The maximum absolute atomic E-state index is 13.1. The molecule has 0 unspecified atom stereocenters. The maximum Gasteiger partial charge on any atom is 1.00 e. The van der Waals surface area contributed by atoms with Crippen molar-refractivity contribution in [2.75, 3.05) is 0 Å². The molecule has 0 aliphatic carbocycles. The Morgan fingerprint density at radius 2 is 1.08 bits per heavy atom. The number of alkyl halides is 9. The van der Waals surface area contributed by atoms with Crippen LogP contribution in [0.1, 0.15) is 38.5 Å². The van der Waals surface area contributed by atoms with Gasteiger partial charge in [-0.1, -0.05) is 12.8 Å². The first-order valence-electron chi connectivity index (χ1n) is 6.11. The van der Waals surface area contributed by atoms with E-state index in [1.807, 2.05) is 0 Å². The first-order chi connectivity index (χ1) is 9.96. The van der Waals surface area contributed by atoms with Crippen LogP contribution in [0.3, 0.4) is 0 Å². The van der Waals surface area contributed by atoms with Crippen molar-refractivity contribution in [3.8, 4) is 0 Å². The van der Waals surface area contributed by atoms with Crippen LogP contribution in [-0.2, 0) is 10.1 Å². The Balaban J connectivity index is 0. The van der Waals surface area contributed by atoms with Crippen molar-refractivity contribution in [2.24, 2.45) is 0 Å². The van der Waals surface area contributed by atoms with Gasteiger partial charge in [-0.3, -0.25) is 0 Å². The molecule has 0 saturated heterocycles. The van der Waals surface area contributed by atoms with Gasteiger partial charge in [-0.05, 0) is 12.8 Å². The maximum atomic E-state index is 13.1. The minimum Gasteiger partial charge on any atom is -0.743 e. The Bertz CT molecular complexity index is 490. The normalized spacial score (nSPS) is 14.4. The Labute approximate surface area is 174 Å². The van der Waals surface area contributed by atoms with Crippen molar-refractivity contribution < 1.29 is 104 Å². The summed E-state index contributed by atoms with van der Waals surface area (Å²) in [5.41, 5.74) is 0. The van der Waals surface area contributed by atoms with E-state index in [-0.39, 0.29) is 57.8 Å². The fourth-order valence-corrected chi connectivity index (χ4v) is 2.02. The van der Waals surface area contributed by atoms with Gasteiger partial charge in [-0.15, -0.1) is 0 Å². The molecule has 0 heterocycles. The van der Waals surface area contributed by atoms with Crippen LogP contribution in [-0.4, -0.2) is 36.2 Å². The molecule has 0 amide bonds. The number of hydrogen-bond donors (Lipinski definition) is 0. The molecule has 140 valence electrons. The summed E-state index contributed by atoms with van der Waals surface area (Å²) in [6.07, 6.45) is -9.56. The molecule has 0 N–H and O–H groups in total. The fourth-order valence-electron chi connectivity index (χ4n) is 1.55. The van der Waals surface area contributed by atoms with Gasteiger partial charge in [0.2, 0.25) is 0 Å². The SMILES string of the molecule is O=S(=O)([O-])C(F)(F)C(F)(F)C(F)(F)CCCCCCC(F)(F)F.[K+]. The fraction of sp³-hybridized carbons (Fsp3) is 1.00. The third-order valence-electron chi connectivity index (χ3n) is 2.84. The first kappa shape index (κ1) is 27.1. The summed E-state index contributed by atoms with van der Waals surface area (Å²) in [5, 5.41) is -6.51. The van der Waals surface area contributed by atoms with Crippen LogP contribution in [0.2, 0.25) is 0 Å². The molecule has 0 rings (SSSR count). The smallest absolute Gasteiger partial charge is 0.743 e. The number of halogens is 9. The van der Waals surface area contributed by atoms with E-state index in [4.69, 9.17) is 0 Å². The number of unbranched alkanes of at least 4 members (excludes halogenated alkanes) is 3. The van der Waals surface area contributed by atoms with Gasteiger partial charge in [-0.2, -0.15) is 39.5 Å². The molecular formula is C10H12F9KO3S. The molecule has 0 atom stereocenters. The summed E-state index contributed by atoms with van der Waals surface area (Å²) >= 11 is 0. The van der Waals surface area contributed by atoms with E-state index >= 15 is 0 Å². The molecule has 0 radical (unpaired) electrons. The summed E-state index contributed by atoms with van der Waals surface area (Å²) in [6, 6.07) is 0. The molecule has 0 fully saturated rings. The Morgan fingerprint density at radius 1 is 0.708 bits per heavy atom. The van der Waals surface area contributed by atoms with Gasteiger partial charge in [0.25, 0.3) is 0 Å². The monoisotopic (exact) mass is 422 g/mol. The van der Waals surface area contributed by atoms with Crippen LogP contribution >= 0.6 is 0 Å². The second-order valence-corrected chi connectivity index (χ2v) is 6.20. The molecule has 0 aliphatic heterocycles. The molecule has 24 heavy (non-hydrogen) atoms. The molecule has 0 spiro atoms. The van der Waals surface area contributed by atoms with Crippen molar-refractivity contribution in [3.05, 3.63) is 0 Å². The number of rotatable bonds is 9. The van der Waals surface area contributed by atoms with Gasteiger partial charge in [0.05, 0.1) is 0 Å². The zero-order valence-corrected chi connectivity index (χ0v) is 16.2. The number of hydrogen-bond acceptors (Lipinski definition) is 3. The van der Waals surface area contributed by atoms with Crippen molar-refractivity contribution in [1.82, 2.24) is 0 Å². The van der Waals surface area contributed by atoms with Gasteiger partial charge in [0, 0.05) is 12.8 Å². The standard InChI is InChI=1S/C10H13F9O3S.K/c11-7(12,5-3-1-2-4-6-8(13,14)15)9(16,17)10(18,19)23(20,21)22;/h1-6H2,(H,20,21,22);/q;+1/p-1. The third-order valence-corrected chi connectivity index (χ3v) is 3.72. The largest absolute Gasteiger partial charge is 1.00 e. The van der Waals surface area contributed by atoms with Gasteiger partial charge >= 0.3 is 74.7 Å². The second kappa shape index (κ2) is 9.22. The zero-order chi connectivity index (χ0) is 18.7. The molecule has 0 aromatic rings. The molecule has 3 nitrogen and oxygen atoms in total. The second-order valence-electron chi connectivity index (χ2n) is 4.78. The minimum atomic E-state index is -7.04. The van der Waals surface area contributed by atoms with E-state index in [1.54, 1.807) is 0 Å². The summed E-state index contributed by atoms with van der Waals surface area (Å²) in [6.45, 7) is 0. The van der Waals surface area contributed by atoms with Gasteiger partial charge in [0.1, 0.15) is 0 Å². The van der Waals surface area contributed by atoms with Crippen molar-refractivity contribution in [3.63, 3.8) is 0 Å². The van der Waals surface area contributed by atoms with Crippen LogP contribution in [0.25, 0.3) is 0 Å². The first-order valence-corrected chi connectivity index (χ1v) is 7.52. The van der Waals surface area contributed by atoms with Crippen LogP contribution in [0.4, 0.5) is 39.5 Å². The van der Waals surface area contributed by atoms with E-state index in [9.17, 15) is 52.5 Å². The Morgan fingerprint density at radius 3 is 1.42 bits per heavy atom. The van der Waals surface area contributed by atoms with Crippen molar-refractivity contribution >= 4 is 10.1 Å². The van der Waals surface area contributed by atoms with Gasteiger partial charge < -0.3 is 4.55 Å². The van der Waals surface area contributed by atoms with Crippen molar-refractivity contribution in [2.45, 2.75) is 61.8 Å². The molecule has 14 heteroatoms. The van der Waals surface area contributed by atoms with Gasteiger partial charge in [0.15, 0.2) is 10.1 Å². The topological polar surface area (TPSA) is 57.2 Å². The summed E-state index contributed by atoms with van der Waals surface area (Å²) in [7, 11) is -7.04. The molecular weight excluding hydrogens is 410 g/mol. The van der Waals surface area contributed by atoms with E-state index in [1.165, 1.54) is 0 Å². The summed E-state index contributed by atoms with van der Waals surface area (Å²) < 4.78 is 143. The van der Waals surface area contributed by atoms with E-state index in [2.05, 4.69) is 0 Å². The average Bonchev–Trinajstić information content (AvgIpc) is 2.30. The Kier molecular flexibility index (Phi) is 10.4. The molecule has 0 aromatic carbocycles. The molecule has 0 bridgehead atoms. The van der Waals surface area contributed by atoms with E-state index in [0.717, 1.165) is 0 Å². The molecule has 0 aromatic heterocycles. The predicted octanol–water partition coefficient (Wildman–Crippen LogP) is 1.30. The van der Waals surface area contributed by atoms with Crippen LogP contribution in [0, 0.1) is 0 Å². The molecule has 0 saturated carbocycles. The van der Waals surface area contributed by atoms with Crippen LogP contribution in [0.5, 0.6) is 0 Å². The minimum absolute atomic E-state index is 0. The molecule has 0 aliphatic rings. The zero-order valence-electron chi connectivity index (χ0n) is 12.3. The summed E-state index contributed by atoms with van der Waals surface area (Å²) in [4.78, 5) is 0. The van der Waals surface area contributed by atoms with Crippen molar-refractivity contribution in [1.29, 1.82) is 0 Å². The van der Waals surface area contributed by atoms with Crippen LogP contribution < -0.4 is 51.4 Å². The van der Waals surface area contributed by atoms with Crippen LogP contribution in [0.15, 0.2) is 0 Å². The van der Waals surface area contributed by atoms with E-state index in [0.29, 0.717) is 0 Å². The Hall–Kier alpha value is 0.916. The summed E-state index contributed by atoms with van der Waals surface area (Å²) in [5.74, 6) is -12.0. The predicted molar refractivity (Wildman–Crippen MR) is 58.3 cm³/mol. The average molecular weight is 422 g/mol. The third kappa shape index (κ3) is 7.27. The van der Waals surface area contributed by atoms with Gasteiger partial charge in [-0.25, -0.2) is 8.42 Å².